The molecule has 8 heteroatoms. The molecule has 3 aliphatic heterocycles. The van der Waals surface area contributed by atoms with E-state index in [0.717, 1.165) is 11.3 Å². The highest BCUT2D eigenvalue weighted by molar-refractivity contribution is 7.68. The van der Waals surface area contributed by atoms with Crippen molar-refractivity contribution in [2.45, 2.75) is 76.4 Å². The van der Waals surface area contributed by atoms with E-state index in [0.29, 0.717) is 11.9 Å². The zero-order valence-corrected chi connectivity index (χ0v) is 20.6. The molecule has 0 bridgehead atoms. The highest BCUT2D eigenvalue weighted by Crippen LogP contribution is 2.61. The molecule has 1 N–H and O–H groups in total. The maximum Gasteiger partial charge on any atom is 0.256 e. The van der Waals surface area contributed by atoms with Crippen LogP contribution in [0.3, 0.4) is 0 Å². The number of fused-ring (bicyclic) bond motifs is 1. The van der Waals surface area contributed by atoms with Crippen LogP contribution in [0.4, 0.5) is 5.69 Å². The summed E-state index contributed by atoms with van der Waals surface area (Å²) in [5, 5.41) is 4.10. The first-order valence-corrected chi connectivity index (χ1v) is 13.1. The minimum absolute atomic E-state index is 0.329. The molecular formula is C25H32NO6P. The van der Waals surface area contributed by atoms with Crippen LogP contribution < -0.4 is 10.6 Å². The fraction of sp³-hybridized carbons (Fsp3) is 0.520. The average Bonchev–Trinajstić information content (AvgIpc) is 3.30. The van der Waals surface area contributed by atoms with Gasteiger partial charge >= 0.3 is 0 Å². The maximum absolute atomic E-state index is 14.8. The normalized spacial score (nSPS) is 36.9. The van der Waals surface area contributed by atoms with Gasteiger partial charge in [0.05, 0.1) is 6.61 Å². The lowest BCUT2D eigenvalue weighted by molar-refractivity contribution is -0.174. The molecule has 3 aliphatic rings. The van der Waals surface area contributed by atoms with E-state index in [9.17, 15) is 4.57 Å². The van der Waals surface area contributed by atoms with Crippen LogP contribution in [-0.4, -0.2) is 48.4 Å². The largest absolute Gasteiger partial charge is 0.371 e. The van der Waals surface area contributed by atoms with Crippen LogP contribution in [0.5, 0.6) is 0 Å². The zero-order valence-electron chi connectivity index (χ0n) is 19.7. The topological polar surface area (TPSA) is 75.2 Å². The molecule has 0 amide bonds. The van der Waals surface area contributed by atoms with Crippen LogP contribution in [0.1, 0.15) is 33.3 Å². The second kappa shape index (κ2) is 8.19. The van der Waals surface area contributed by atoms with Crippen LogP contribution >= 0.6 is 7.37 Å². The van der Waals surface area contributed by atoms with Gasteiger partial charge in [-0.25, -0.2) is 0 Å². The molecule has 7 nitrogen and oxygen atoms in total. The third kappa shape index (κ3) is 4.39. The molecule has 0 aromatic heterocycles. The van der Waals surface area contributed by atoms with Gasteiger partial charge in [0.15, 0.2) is 11.6 Å². The fourth-order valence-electron chi connectivity index (χ4n) is 4.82. The van der Waals surface area contributed by atoms with E-state index in [2.05, 4.69) is 5.32 Å². The summed E-state index contributed by atoms with van der Waals surface area (Å²) < 4.78 is 46.0. The Bertz CT molecular complexity index is 1040. The van der Waals surface area contributed by atoms with E-state index in [-0.39, 0.29) is 0 Å². The molecular weight excluding hydrogens is 441 g/mol. The first-order chi connectivity index (χ1) is 15.6. The Labute approximate surface area is 195 Å². The molecule has 6 atom stereocenters. The Morgan fingerprint density at radius 1 is 0.848 bits per heavy atom. The van der Waals surface area contributed by atoms with E-state index in [1.165, 1.54) is 0 Å². The van der Waals surface area contributed by atoms with Gasteiger partial charge in [-0.05, 0) is 58.9 Å². The highest BCUT2D eigenvalue weighted by Gasteiger charge is 2.62. The van der Waals surface area contributed by atoms with Crippen molar-refractivity contribution in [3.8, 4) is 0 Å². The summed E-state index contributed by atoms with van der Waals surface area (Å²) in [7, 11) is -3.48. The second-order valence-electron chi connectivity index (χ2n) is 9.89. The third-order valence-electron chi connectivity index (χ3n) is 6.32. The van der Waals surface area contributed by atoms with Gasteiger partial charge in [-0.3, -0.25) is 4.57 Å². The SMILES string of the molecule is Cc1ccc(N[C@@H]2[C@H]3OC(C)(C)O[C@H]3[C@@H]([C@H]3COC(C)(C)O3)O[P@@]2(=O)c2ccccc2)cc1. The molecule has 33 heavy (non-hydrogen) atoms. The minimum atomic E-state index is -3.48. The summed E-state index contributed by atoms with van der Waals surface area (Å²) in [6.45, 7) is 9.83. The van der Waals surface area contributed by atoms with Crippen molar-refractivity contribution in [2.75, 3.05) is 11.9 Å². The van der Waals surface area contributed by atoms with Crippen molar-refractivity contribution in [3.63, 3.8) is 0 Å². The van der Waals surface area contributed by atoms with E-state index in [4.69, 9.17) is 23.5 Å². The standard InChI is InChI=1S/C25H32NO6P/c1-16-11-13-17(14-12-16)26-23-22-21(30-25(4,5)31-22)20(19-15-28-24(2,3)29-19)32-33(23,27)18-9-7-6-8-10-18/h6-14,19-23,26H,15H2,1-5H3/t19-,20-,21+,22+,23+,33+/m1/s1. The minimum Gasteiger partial charge on any atom is -0.371 e. The lowest BCUT2D eigenvalue weighted by atomic mass is 10.0. The number of anilines is 1. The number of hydrogen-bond donors (Lipinski definition) is 1. The van der Waals surface area contributed by atoms with Crippen molar-refractivity contribution in [1.29, 1.82) is 0 Å². The van der Waals surface area contributed by atoms with E-state index in [1.54, 1.807) is 0 Å². The molecule has 3 fully saturated rings. The highest BCUT2D eigenvalue weighted by atomic mass is 31.2. The maximum atomic E-state index is 14.8. The van der Waals surface area contributed by atoms with Gasteiger partial charge in [0.1, 0.15) is 30.2 Å². The van der Waals surface area contributed by atoms with Crippen molar-refractivity contribution in [2.24, 2.45) is 0 Å². The number of rotatable bonds is 4. The molecule has 3 saturated heterocycles. The quantitative estimate of drug-likeness (QED) is 0.660. The Morgan fingerprint density at radius 2 is 1.52 bits per heavy atom. The Hall–Kier alpha value is -1.73. The summed E-state index contributed by atoms with van der Waals surface area (Å²) in [6.07, 6.45) is -2.03. The van der Waals surface area contributed by atoms with E-state index in [1.807, 2.05) is 89.2 Å². The lowest BCUT2D eigenvalue weighted by Gasteiger charge is -2.44. The van der Waals surface area contributed by atoms with Gasteiger partial charge in [-0.2, -0.15) is 0 Å². The van der Waals surface area contributed by atoms with Crippen molar-refractivity contribution >= 4 is 18.4 Å². The van der Waals surface area contributed by atoms with E-state index >= 15 is 0 Å². The number of benzene rings is 2. The predicted octanol–water partition coefficient (Wildman–Crippen LogP) is 4.41. The Balaban J connectivity index is 1.57. The Morgan fingerprint density at radius 3 is 2.15 bits per heavy atom. The van der Waals surface area contributed by atoms with Crippen LogP contribution in [0.15, 0.2) is 54.6 Å². The Kier molecular flexibility index (Phi) is 5.72. The summed E-state index contributed by atoms with van der Waals surface area (Å²) in [4.78, 5) is 0. The number of aryl methyl sites for hydroxylation is 1. The van der Waals surface area contributed by atoms with Gasteiger partial charge < -0.3 is 28.8 Å². The molecule has 2 aromatic rings. The molecule has 0 radical (unpaired) electrons. The van der Waals surface area contributed by atoms with Crippen molar-refractivity contribution in [1.82, 2.24) is 0 Å². The van der Waals surface area contributed by atoms with E-state index < -0.39 is 49.1 Å². The molecule has 0 spiro atoms. The van der Waals surface area contributed by atoms with Crippen molar-refractivity contribution < 1.29 is 28.0 Å². The van der Waals surface area contributed by atoms with Crippen LogP contribution in [0.2, 0.25) is 0 Å². The molecule has 0 saturated carbocycles. The van der Waals surface area contributed by atoms with Gasteiger partial charge in [0.25, 0.3) is 7.37 Å². The number of ether oxygens (including phenoxy) is 4. The smallest absolute Gasteiger partial charge is 0.256 e. The first kappa shape index (κ1) is 23.0. The molecule has 2 aromatic carbocycles. The van der Waals surface area contributed by atoms with Gasteiger partial charge in [0.2, 0.25) is 0 Å². The van der Waals surface area contributed by atoms with Crippen LogP contribution in [0, 0.1) is 6.92 Å². The lowest BCUT2D eigenvalue weighted by Crippen LogP contribution is -2.57. The summed E-state index contributed by atoms with van der Waals surface area (Å²) in [5.74, 6) is -2.24. The first-order valence-electron chi connectivity index (χ1n) is 11.4. The second-order valence-corrected chi connectivity index (χ2v) is 12.4. The molecule has 178 valence electrons. The predicted molar refractivity (Wildman–Crippen MR) is 126 cm³/mol. The summed E-state index contributed by atoms with van der Waals surface area (Å²) in [6, 6.07) is 17.3. The van der Waals surface area contributed by atoms with Crippen LogP contribution in [0.25, 0.3) is 0 Å². The summed E-state index contributed by atoms with van der Waals surface area (Å²) >= 11 is 0. The van der Waals surface area contributed by atoms with Crippen molar-refractivity contribution in [3.05, 3.63) is 60.2 Å². The molecule has 0 aliphatic carbocycles. The number of nitrogens with one attached hydrogen (secondary N) is 1. The molecule has 5 rings (SSSR count). The average molecular weight is 474 g/mol. The number of hydrogen-bond acceptors (Lipinski definition) is 7. The molecule has 3 heterocycles. The fourth-order valence-corrected chi connectivity index (χ4v) is 7.53. The van der Waals surface area contributed by atoms with Gasteiger partial charge in [-0.1, -0.05) is 35.9 Å². The zero-order chi connectivity index (χ0) is 23.4. The molecule has 0 unspecified atom stereocenters. The monoisotopic (exact) mass is 473 g/mol. The third-order valence-corrected chi connectivity index (χ3v) is 9.05. The van der Waals surface area contributed by atoms with Gasteiger partial charge in [0, 0.05) is 11.0 Å². The summed E-state index contributed by atoms with van der Waals surface area (Å²) in [5.41, 5.74) is 1.99. The van der Waals surface area contributed by atoms with Gasteiger partial charge in [-0.15, -0.1) is 0 Å². The van der Waals surface area contributed by atoms with Crippen LogP contribution in [-0.2, 0) is 28.0 Å².